The molecule has 1 aliphatic carbocycles. The van der Waals surface area contributed by atoms with Gasteiger partial charge in [-0.3, -0.25) is 9.59 Å². The van der Waals surface area contributed by atoms with E-state index in [4.69, 9.17) is 10.8 Å². The number of hydrogen-bond acceptors (Lipinski definition) is 3. The zero-order valence-corrected chi connectivity index (χ0v) is 8.19. The first-order chi connectivity index (χ1) is 6.52. The van der Waals surface area contributed by atoms with Crippen molar-refractivity contribution in [1.29, 1.82) is 0 Å². The van der Waals surface area contributed by atoms with E-state index in [0.29, 0.717) is 6.42 Å². The molecule has 3 atom stereocenters. The number of aliphatic carboxylic acids is 1. The van der Waals surface area contributed by atoms with Crippen molar-refractivity contribution in [2.24, 2.45) is 11.7 Å². The van der Waals surface area contributed by atoms with E-state index in [0.717, 1.165) is 12.8 Å². The zero-order chi connectivity index (χ0) is 10.7. The van der Waals surface area contributed by atoms with Crippen LogP contribution in [0.2, 0.25) is 0 Å². The SMILES string of the molecule is CC(N)C(=O)N[C@@H]1CCC[C@@H]1C(=O)O. The lowest BCUT2D eigenvalue weighted by molar-refractivity contribution is -0.142. The summed E-state index contributed by atoms with van der Waals surface area (Å²) in [6.45, 7) is 1.58. The molecule has 0 spiro atoms. The van der Waals surface area contributed by atoms with Crippen LogP contribution in [0.4, 0.5) is 0 Å². The molecule has 0 aromatic rings. The fourth-order valence-corrected chi connectivity index (χ4v) is 1.74. The molecule has 1 unspecified atom stereocenters. The fourth-order valence-electron chi connectivity index (χ4n) is 1.74. The summed E-state index contributed by atoms with van der Waals surface area (Å²) in [4.78, 5) is 22.0. The highest BCUT2D eigenvalue weighted by Gasteiger charge is 2.34. The number of amides is 1. The van der Waals surface area contributed by atoms with E-state index in [1.54, 1.807) is 6.92 Å². The molecule has 0 radical (unpaired) electrons. The molecule has 5 heteroatoms. The van der Waals surface area contributed by atoms with E-state index in [2.05, 4.69) is 5.32 Å². The standard InChI is InChI=1S/C9H16N2O3/c1-5(10)8(12)11-7-4-2-3-6(7)9(13)14/h5-7H,2-4,10H2,1H3,(H,11,12)(H,13,14)/t5?,6-,7+/m0/s1. The molecule has 1 rings (SSSR count). The lowest BCUT2D eigenvalue weighted by Crippen LogP contribution is -2.46. The fraction of sp³-hybridized carbons (Fsp3) is 0.778. The molecule has 1 amide bonds. The van der Waals surface area contributed by atoms with E-state index < -0.39 is 17.9 Å². The average Bonchev–Trinajstić information content (AvgIpc) is 2.52. The highest BCUT2D eigenvalue weighted by molar-refractivity contribution is 5.82. The summed E-state index contributed by atoms with van der Waals surface area (Å²) >= 11 is 0. The van der Waals surface area contributed by atoms with Crippen LogP contribution in [0, 0.1) is 5.92 Å². The van der Waals surface area contributed by atoms with Gasteiger partial charge in [0.2, 0.25) is 5.91 Å². The quantitative estimate of drug-likeness (QED) is 0.583. The molecule has 80 valence electrons. The molecule has 0 aromatic carbocycles. The molecule has 5 nitrogen and oxygen atoms in total. The minimum atomic E-state index is -0.836. The van der Waals surface area contributed by atoms with Crippen molar-refractivity contribution in [3.05, 3.63) is 0 Å². The van der Waals surface area contributed by atoms with Gasteiger partial charge in [-0.15, -0.1) is 0 Å². The molecule has 4 N–H and O–H groups in total. The molecule has 1 saturated carbocycles. The smallest absolute Gasteiger partial charge is 0.308 e. The van der Waals surface area contributed by atoms with Gasteiger partial charge in [-0.05, 0) is 19.8 Å². The Balaban J connectivity index is 2.51. The van der Waals surface area contributed by atoms with Gasteiger partial charge >= 0.3 is 5.97 Å². The van der Waals surface area contributed by atoms with Crippen LogP contribution in [0.5, 0.6) is 0 Å². The Bertz CT molecular complexity index is 240. The second kappa shape index (κ2) is 4.41. The van der Waals surface area contributed by atoms with Crippen molar-refractivity contribution in [3.8, 4) is 0 Å². The second-order valence-electron chi connectivity index (χ2n) is 3.78. The first kappa shape index (κ1) is 11.0. The first-order valence-electron chi connectivity index (χ1n) is 4.81. The maximum absolute atomic E-state index is 11.2. The first-order valence-corrected chi connectivity index (χ1v) is 4.81. The van der Waals surface area contributed by atoms with E-state index >= 15 is 0 Å². The Kier molecular flexibility index (Phi) is 3.46. The van der Waals surface area contributed by atoms with Crippen LogP contribution in [0.25, 0.3) is 0 Å². The Labute approximate surface area is 82.7 Å². The maximum atomic E-state index is 11.2. The van der Waals surface area contributed by atoms with Crippen molar-refractivity contribution in [2.45, 2.75) is 38.3 Å². The third-order valence-electron chi connectivity index (χ3n) is 2.57. The highest BCUT2D eigenvalue weighted by atomic mass is 16.4. The average molecular weight is 200 g/mol. The van der Waals surface area contributed by atoms with Crippen molar-refractivity contribution in [1.82, 2.24) is 5.32 Å². The number of nitrogens with two attached hydrogens (primary N) is 1. The Hall–Kier alpha value is -1.10. The summed E-state index contributed by atoms with van der Waals surface area (Å²) < 4.78 is 0. The summed E-state index contributed by atoms with van der Waals surface area (Å²) in [6.07, 6.45) is 2.22. The van der Waals surface area contributed by atoms with Crippen LogP contribution in [-0.4, -0.2) is 29.1 Å². The number of nitrogens with one attached hydrogen (secondary N) is 1. The van der Waals surface area contributed by atoms with Crippen LogP contribution in [0.15, 0.2) is 0 Å². The van der Waals surface area contributed by atoms with Gasteiger partial charge in [0.25, 0.3) is 0 Å². The van der Waals surface area contributed by atoms with Crippen molar-refractivity contribution >= 4 is 11.9 Å². The van der Waals surface area contributed by atoms with Crippen molar-refractivity contribution in [3.63, 3.8) is 0 Å². The van der Waals surface area contributed by atoms with E-state index in [1.165, 1.54) is 0 Å². The predicted molar refractivity (Wildman–Crippen MR) is 50.6 cm³/mol. The molecule has 1 aliphatic rings. The van der Waals surface area contributed by atoms with Crippen LogP contribution in [-0.2, 0) is 9.59 Å². The molecule has 0 heterocycles. The zero-order valence-electron chi connectivity index (χ0n) is 8.19. The van der Waals surface area contributed by atoms with Crippen LogP contribution >= 0.6 is 0 Å². The molecule has 1 fully saturated rings. The summed E-state index contributed by atoms with van der Waals surface area (Å²) in [5, 5.41) is 11.5. The maximum Gasteiger partial charge on any atom is 0.308 e. The molecular weight excluding hydrogens is 184 g/mol. The molecule has 0 saturated heterocycles. The molecule has 14 heavy (non-hydrogen) atoms. The van der Waals surface area contributed by atoms with Crippen LogP contribution in [0.1, 0.15) is 26.2 Å². The lowest BCUT2D eigenvalue weighted by Gasteiger charge is -2.18. The molecule has 0 bridgehead atoms. The predicted octanol–water partition coefficient (Wildman–Crippen LogP) is -0.297. The van der Waals surface area contributed by atoms with E-state index in [-0.39, 0.29) is 11.9 Å². The number of carboxylic acid groups (broad SMARTS) is 1. The van der Waals surface area contributed by atoms with Crippen molar-refractivity contribution in [2.75, 3.05) is 0 Å². The minimum Gasteiger partial charge on any atom is -0.481 e. The number of carbonyl (C=O) groups excluding carboxylic acids is 1. The Morgan fingerprint density at radius 1 is 1.50 bits per heavy atom. The minimum absolute atomic E-state index is 0.244. The van der Waals surface area contributed by atoms with E-state index in [1.807, 2.05) is 0 Å². The number of rotatable bonds is 3. The summed E-state index contributed by atoms with van der Waals surface area (Å²) in [6, 6.07) is -0.823. The Morgan fingerprint density at radius 3 is 2.64 bits per heavy atom. The third-order valence-corrected chi connectivity index (χ3v) is 2.57. The van der Waals surface area contributed by atoms with Crippen LogP contribution < -0.4 is 11.1 Å². The van der Waals surface area contributed by atoms with Gasteiger partial charge in [-0.2, -0.15) is 0 Å². The third kappa shape index (κ3) is 2.45. The summed E-state index contributed by atoms with van der Waals surface area (Å²) in [7, 11) is 0. The number of carbonyl (C=O) groups is 2. The van der Waals surface area contributed by atoms with Gasteiger partial charge in [0.1, 0.15) is 0 Å². The number of hydrogen-bond donors (Lipinski definition) is 3. The van der Waals surface area contributed by atoms with Gasteiger partial charge in [0.05, 0.1) is 12.0 Å². The number of carboxylic acids is 1. The normalized spacial score (nSPS) is 28.4. The molecule has 0 aromatic heterocycles. The summed E-state index contributed by atoms with van der Waals surface area (Å²) in [5.74, 6) is -1.56. The van der Waals surface area contributed by atoms with Gasteiger partial charge in [-0.25, -0.2) is 0 Å². The van der Waals surface area contributed by atoms with Gasteiger partial charge in [0.15, 0.2) is 0 Å². The van der Waals surface area contributed by atoms with Gasteiger partial charge in [-0.1, -0.05) is 6.42 Å². The summed E-state index contributed by atoms with van der Waals surface area (Å²) in [5.41, 5.74) is 5.38. The van der Waals surface area contributed by atoms with Crippen LogP contribution in [0.3, 0.4) is 0 Å². The Morgan fingerprint density at radius 2 is 2.14 bits per heavy atom. The lowest BCUT2D eigenvalue weighted by atomic mass is 10.0. The molecular formula is C9H16N2O3. The van der Waals surface area contributed by atoms with E-state index in [9.17, 15) is 9.59 Å². The highest BCUT2D eigenvalue weighted by Crippen LogP contribution is 2.25. The molecule has 0 aliphatic heterocycles. The largest absolute Gasteiger partial charge is 0.481 e. The topological polar surface area (TPSA) is 92.4 Å². The van der Waals surface area contributed by atoms with Gasteiger partial charge in [0, 0.05) is 6.04 Å². The second-order valence-corrected chi connectivity index (χ2v) is 3.78. The van der Waals surface area contributed by atoms with Crippen molar-refractivity contribution < 1.29 is 14.7 Å². The van der Waals surface area contributed by atoms with Gasteiger partial charge < -0.3 is 16.2 Å². The monoisotopic (exact) mass is 200 g/mol.